The number of benzene rings is 1. The van der Waals surface area contributed by atoms with Crippen LogP contribution in [-0.2, 0) is 0 Å². The minimum absolute atomic E-state index is 0.142. The van der Waals surface area contributed by atoms with Crippen LogP contribution in [-0.4, -0.2) is 20.9 Å². The van der Waals surface area contributed by atoms with Gasteiger partial charge in [-0.1, -0.05) is 26.8 Å². The minimum Gasteiger partial charge on any atom is -0.457 e. The van der Waals surface area contributed by atoms with E-state index in [-0.39, 0.29) is 16.7 Å². The summed E-state index contributed by atoms with van der Waals surface area (Å²) in [5.74, 6) is 1.03. The fourth-order valence-electron chi connectivity index (χ4n) is 4.24. The van der Waals surface area contributed by atoms with Gasteiger partial charge in [0, 0.05) is 17.3 Å². The van der Waals surface area contributed by atoms with Crippen molar-refractivity contribution < 1.29 is 13.9 Å². The molecular formula is C26H29N3O3. The molecule has 0 spiro atoms. The van der Waals surface area contributed by atoms with Crippen LogP contribution in [0, 0.1) is 5.41 Å². The van der Waals surface area contributed by atoms with Crippen LogP contribution in [0.1, 0.15) is 51.6 Å². The van der Waals surface area contributed by atoms with Crippen LogP contribution in [0.5, 0.6) is 5.75 Å². The molecule has 0 aliphatic carbocycles. The number of anilines is 1. The van der Waals surface area contributed by atoms with Crippen LogP contribution in [0.3, 0.4) is 0 Å². The summed E-state index contributed by atoms with van der Waals surface area (Å²) >= 11 is 0. The molecule has 0 saturated heterocycles. The molecule has 0 aliphatic heterocycles. The number of hydrogen-bond donors (Lipinski definition) is 1. The van der Waals surface area contributed by atoms with Crippen molar-refractivity contribution in [3.05, 3.63) is 72.8 Å². The van der Waals surface area contributed by atoms with Crippen molar-refractivity contribution in [1.29, 1.82) is 0 Å². The quantitative estimate of drug-likeness (QED) is 0.281. The van der Waals surface area contributed by atoms with Crippen LogP contribution >= 0.6 is 0 Å². The molecule has 4 aromatic rings. The summed E-state index contributed by atoms with van der Waals surface area (Å²) in [6.07, 6.45) is 4.45. The van der Waals surface area contributed by atoms with E-state index in [1.54, 1.807) is 24.3 Å². The number of furan rings is 1. The average molecular weight is 432 g/mol. The minimum atomic E-state index is -0.526. The van der Waals surface area contributed by atoms with Gasteiger partial charge < -0.3 is 14.5 Å². The average Bonchev–Trinajstić information content (AvgIpc) is 3.35. The van der Waals surface area contributed by atoms with Gasteiger partial charge in [0.25, 0.3) is 0 Å². The Hall–Kier alpha value is -3.54. The predicted octanol–water partition coefficient (Wildman–Crippen LogP) is 6.44. The molecule has 0 fully saturated rings. The first kappa shape index (κ1) is 21.7. The van der Waals surface area contributed by atoms with Crippen LogP contribution < -0.4 is 10.1 Å². The Bertz CT molecular complexity index is 1210. The normalized spacial score (nSPS) is 12.2. The van der Waals surface area contributed by atoms with Gasteiger partial charge in [0.1, 0.15) is 22.9 Å². The highest BCUT2D eigenvalue weighted by Crippen LogP contribution is 2.35. The number of fused-ring (bicyclic) bond motifs is 1. The van der Waals surface area contributed by atoms with E-state index in [0.29, 0.717) is 5.75 Å². The molecule has 0 amide bonds. The molecule has 1 aromatic carbocycles. The van der Waals surface area contributed by atoms with Gasteiger partial charge in [-0.15, -0.1) is 0 Å². The van der Waals surface area contributed by atoms with Gasteiger partial charge in [-0.3, -0.25) is 4.40 Å². The maximum absolute atomic E-state index is 12.1. The lowest BCUT2D eigenvalue weighted by atomic mass is 9.82. The van der Waals surface area contributed by atoms with E-state index >= 15 is 0 Å². The summed E-state index contributed by atoms with van der Waals surface area (Å²) in [7, 11) is 0. The topological polar surface area (TPSA) is 68.8 Å². The molecule has 4 rings (SSSR count). The van der Waals surface area contributed by atoms with E-state index < -0.39 is 5.97 Å². The van der Waals surface area contributed by atoms with Crippen molar-refractivity contribution >= 4 is 17.4 Å². The molecule has 0 aliphatic rings. The first-order valence-electron chi connectivity index (χ1n) is 10.7. The molecular weight excluding hydrogens is 402 g/mol. The first-order valence-corrected chi connectivity index (χ1v) is 10.7. The molecule has 0 radical (unpaired) electrons. The van der Waals surface area contributed by atoms with Gasteiger partial charge in [0.15, 0.2) is 0 Å². The van der Waals surface area contributed by atoms with Crippen molar-refractivity contribution in [3.8, 4) is 17.0 Å². The van der Waals surface area contributed by atoms with Crippen LogP contribution in [0.25, 0.3) is 16.9 Å². The zero-order chi connectivity index (χ0) is 22.9. The summed E-state index contributed by atoms with van der Waals surface area (Å²) < 4.78 is 12.6. The molecule has 32 heavy (non-hydrogen) atoms. The third kappa shape index (κ3) is 4.85. The van der Waals surface area contributed by atoms with E-state index in [2.05, 4.69) is 44.3 Å². The van der Waals surface area contributed by atoms with Crippen molar-refractivity contribution in [1.82, 2.24) is 9.38 Å². The zero-order valence-corrected chi connectivity index (χ0v) is 19.2. The Morgan fingerprint density at radius 3 is 2.44 bits per heavy atom. The Kier molecular flexibility index (Phi) is 5.55. The van der Waals surface area contributed by atoms with Gasteiger partial charge in [-0.2, -0.15) is 0 Å². The number of hydrogen-bond acceptors (Lipinski definition) is 5. The molecule has 6 heteroatoms. The fourth-order valence-corrected chi connectivity index (χ4v) is 4.24. The van der Waals surface area contributed by atoms with E-state index in [9.17, 15) is 4.79 Å². The number of nitrogens with one attached hydrogen (secondary N) is 1. The van der Waals surface area contributed by atoms with E-state index in [1.807, 2.05) is 36.5 Å². The number of imidazole rings is 1. The highest BCUT2D eigenvalue weighted by molar-refractivity contribution is 5.88. The summed E-state index contributed by atoms with van der Waals surface area (Å²) in [4.78, 5) is 17.0. The van der Waals surface area contributed by atoms with E-state index in [0.717, 1.165) is 29.1 Å². The molecule has 6 nitrogen and oxygen atoms in total. The Morgan fingerprint density at radius 1 is 1.03 bits per heavy atom. The molecule has 1 N–H and O–H groups in total. The second-order valence-corrected chi connectivity index (χ2v) is 9.88. The standard InChI is InChI=1S/C26H29N3O3/c1-25(2,3)17-26(4,5)28-23-22(27-21-10-6-7-15-29(21)23)18-11-13-19(14-12-18)32-24(30)20-9-8-16-31-20/h6-16,28H,17H2,1-5H3. The molecule has 0 atom stereocenters. The van der Waals surface area contributed by atoms with Gasteiger partial charge in [0.2, 0.25) is 5.76 Å². The largest absolute Gasteiger partial charge is 0.457 e. The Balaban J connectivity index is 1.65. The lowest BCUT2D eigenvalue weighted by Crippen LogP contribution is -2.36. The maximum atomic E-state index is 12.1. The van der Waals surface area contributed by atoms with Gasteiger partial charge in [-0.05, 0) is 74.2 Å². The van der Waals surface area contributed by atoms with Crippen LogP contribution in [0.15, 0.2) is 71.5 Å². The zero-order valence-electron chi connectivity index (χ0n) is 19.2. The summed E-state index contributed by atoms with van der Waals surface area (Å²) in [6.45, 7) is 11.2. The number of aromatic nitrogens is 2. The molecule has 0 bridgehead atoms. The number of ether oxygens (including phenoxy) is 1. The second-order valence-electron chi connectivity index (χ2n) is 9.88. The molecule has 166 valence electrons. The first-order chi connectivity index (χ1) is 15.1. The number of nitrogens with zero attached hydrogens (tertiary/aromatic N) is 2. The van der Waals surface area contributed by atoms with Crippen LogP contribution in [0.2, 0.25) is 0 Å². The number of rotatable bonds is 6. The highest BCUT2D eigenvalue weighted by Gasteiger charge is 2.28. The number of carbonyl (C=O) groups excluding carboxylic acids is 1. The van der Waals surface area contributed by atoms with Gasteiger partial charge >= 0.3 is 5.97 Å². The number of pyridine rings is 1. The van der Waals surface area contributed by atoms with Gasteiger partial charge in [0.05, 0.1) is 6.26 Å². The van der Waals surface area contributed by atoms with E-state index in [4.69, 9.17) is 14.1 Å². The van der Waals surface area contributed by atoms with E-state index in [1.165, 1.54) is 6.26 Å². The molecule has 0 saturated carbocycles. The smallest absolute Gasteiger partial charge is 0.379 e. The molecule has 3 aromatic heterocycles. The highest BCUT2D eigenvalue weighted by atomic mass is 16.5. The second kappa shape index (κ2) is 8.19. The monoisotopic (exact) mass is 431 g/mol. The lowest BCUT2D eigenvalue weighted by Gasteiger charge is -2.34. The fraction of sp³-hybridized carbons (Fsp3) is 0.308. The van der Waals surface area contributed by atoms with Crippen molar-refractivity contribution in [2.45, 2.75) is 46.6 Å². The molecule has 0 unspecified atom stereocenters. The lowest BCUT2D eigenvalue weighted by molar-refractivity contribution is 0.0701. The third-order valence-corrected chi connectivity index (χ3v) is 5.02. The summed E-state index contributed by atoms with van der Waals surface area (Å²) in [5.41, 5.74) is 2.68. The third-order valence-electron chi connectivity index (χ3n) is 5.02. The van der Waals surface area contributed by atoms with Gasteiger partial charge in [-0.25, -0.2) is 9.78 Å². The van der Waals surface area contributed by atoms with Crippen LogP contribution in [0.4, 0.5) is 5.82 Å². The van der Waals surface area contributed by atoms with Crippen molar-refractivity contribution in [2.24, 2.45) is 5.41 Å². The number of carbonyl (C=O) groups is 1. The Labute approximate surface area is 188 Å². The number of esters is 1. The Morgan fingerprint density at radius 2 is 1.78 bits per heavy atom. The summed E-state index contributed by atoms with van der Waals surface area (Å²) in [6, 6.07) is 16.6. The van der Waals surface area contributed by atoms with Crippen molar-refractivity contribution in [3.63, 3.8) is 0 Å². The predicted molar refractivity (Wildman–Crippen MR) is 126 cm³/mol. The maximum Gasteiger partial charge on any atom is 0.379 e. The SMILES string of the molecule is CC(C)(C)CC(C)(C)Nc1c(-c2ccc(OC(=O)c3ccco3)cc2)nc2ccccn12. The molecule has 3 heterocycles. The van der Waals surface area contributed by atoms with Crippen molar-refractivity contribution in [2.75, 3.05) is 5.32 Å². The summed E-state index contributed by atoms with van der Waals surface area (Å²) in [5, 5.41) is 3.73.